The lowest BCUT2D eigenvalue weighted by Gasteiger charge is -2.33. The van der Waals surface area contributed by atoms with Crippen LogP contribution in [0, 0.1) is 5.92 Å². The lowest BCUT2D eigenvalue weighted by Crippen LogP contribution is -2.39. The normalized spacial score (nSPS) is 22.3. The molecule has 2 heterocycles. The quantitative estimate of drug-likeness (QED) is 0.872. The van der Waals surface area contributed by atoms with E-state index in [0.29, 0.717) is 6.54 Å². The molecule has 1 aromatic rings. The molecule has 3 rings (SSSR count). The smallest absolute Gasteiger partial charge is 0.308 e. The molecule has 2 aliphatic heterocycles. The Balaban J connectivity index is 1.88. The molecule has 20 heavy (non-hydrogen) atoms. The molecule has 5 heteroatoms. The summed E-state index contributed by atoms with van der Waals surface area (Å²) >= 11 is 0. The van der Waals surface area contributed by atoms with Crippen LogP contribution in [0.1, 0.15) is 18.4 Å². The first-order valence-corrected chi connectivity index (χ1v) is 7.11. The van der Waals surface area contributed by atoms with E-state index in [4.69, 9.17) is 0 Å². The van der Waals surface area contributed by atoms with Crippen LogP contribution in [0.4, 0.5) is 5.69 Å². The number of anilines is 1. The zero-order chi connectivity index (χ0) is 13.9. The van der Waals surface area contributed by atoms with E-state index < -0.39 is 5.97 Å². The first kappa shape index (κ1) is 13.0. The third-order valence-electron chi connectivity index (χ3n) is 3.94. The van der Waals surface area contributed by atoms with Gasteiger partial charge in [0.25, 0.3) is 0 Å². The fourth-order valence-corrected chi connectivity index (χ4v) is 2.93. The van der Waals surface area contributed by atoms with Crippen LogP contribution in [0.5, 0.6) is 0 Å². The summed E-state index contributed by atoms with van der Waals surface area (Å²) in [6, 6.07) is 8.11. The van der Waals surface area contributed by atoms with Crippen molar-refractivity contribution < 1.29 is 9.90 Å². The summed E-state index contributed by atoms with van der Waals surface area (Å²) in [7, 11) is 0. The van der Waals surface area contributed by atoms with Crippen LogP contribution >= 0.6 is 0 Å². The van der Waals surface area contributed by atoms with Crippen molar-refractivity contribution in [1.29, 1.82) is 0 Å². The molecule has 0 bridgehead atoms. The number of nitrogens with one attached hydrogen (secondary N) is 1. The summed E-state index contributed by atoms with van der Waals surface area (Å²) in [5.41, 5.74) is 2.17. The predicted molar refractivity (Wildman–Crippen MR) is 78.4 cm³/mol. The highest BCUT2D eigenvalue weighted by Gasteiger charge is 2.27. The summed E-state index contributed by atoms with van der Waals surface area (Å²) in [4.78, 5) is 17.9. The number of benzene rings is 1. The number of carboxylic acid groups (broad SMARTS) is 1. The van der Waals surface area contributed by atoms with Crippen molar-refractivity contribution in [3.8, 4) is 0 Å². The summed E-state index contributed by atoms with van der Waals surface area (Å²) in [5.74, 6) is -0.0307. The number of piperidine rings is 1. The van der Waals surface area contributed by atoms with Crippen molar-refractivity contribution >= 4 is 17.5 Å². The summed E-state index contributed by atoms with van der Waals surface area (Å²) in [6.07, 6.45) is 1.69. The number of hydrogen-bond donors (Lipinski definition) is 2. The lowest BCUT2D eigenvalue weighted by atomic mass is 9.97. The van der Waals surface area contributed by atoms with Crippen molar-refractivity contribution in [3.63, 3.8) is 0 Å². The highest BCUT2D eigenvalue weighted by Crippen LogP contribution is 2.27. The molecule has 0 aliphatic carbocycles. The van der Waals surface area contributed by atoms with Crippen LogP contribution in [-0.2, 0) is 4.79 Å². The monoisotopic (exact) mass is 273 g/mol. The predicted octanol–water partition coefficient (Wildman–Crippen LogP) is 1.34. The van der Waals surface area contributed by atoms with Crippen LogP contribution in [0.3, 0.4) is 0 Å². The number of para-hydroxylation sites is 1. The largest absolute Gasteiger partial charge is 0.481 e. The molecule has 106 valence electrons. The fourth-order valence-electron chi connectivity index (χ4n) is 2.93. The van der Waals surface area contributed by atoms with Crippen molar-refractivity contribution in [2.24, 2.45) is 10.9 Å². The molecule has 1 aromatic carbocycles. The average Bonchev–Trinajstić information content (AvgIpc) is 3.01. The molecule has 1 saturated heterocycles. The third kappa shape index (κ3) is 2.48. The minimum atomic E-state index is -0.691. The van der Waals surface area contributed by atoms with Crippen LogP contribution < -0.4 is 10.2 Å². The van der Waals surface area contributed by atoms with E-state index in [1.54, 1.807) is 0 Å². The number of carbonyl (C=O) groups is 1. The highest BCUT2D eigenvalue weighted by molar-refractivity contribution is 6.04. The Labute approximate surface area is 118 Å². The summed E-state index contributed by atoms with van der Waals surface area (Å²) in [6.45, 7) is 3.18. The van der Waals surface area contributed by atoms with Gasteiger partial charge in [0, 0.05) is 30.9 Å². The maximum atomic E-state index is 11.2. The van der Waals surface area contributed by atoms with Gasteiger partial charge in [-0.3, -0.25) is 9.79 Å². The zero-order valence-electron chi connectivity index (χ0n) is 11.4. The van der Waals surface area contributed by atoms with Crippen LogP contribution in [-0.4, -0.2) is 43.1 Å². The van der Waals surface area contributed by atoms with Gasteiger partial charge in [-0.15, -0.1) is 0 Å². The molecular weight excluding hydrogens is 254 g/mol. The zero-order valence-corrected chi connectivity index (χ0v) is 11.4. The van der Waals surface area contributed by atoms with Crippen LogP contribution in [0.25, 0.3) is 0 Å². The number of aliphatic carboxylic acids is 1. The van der Waals surface area contributed by atoms with Gasteiger partial charge in [-0.2, -0.15) is 0 Å². The van der Waals surface area contributed by atoms with Crippen molar-refractivity contribution in [2.45, 2.75) is 12.8 Å². The van der Waals surface area contributed by atoms with Gasteiger partial charge in [0.1, 0.15) is 5.84 Å². The molecule has 5 nitrogen and oxygen atoms in total. The van der Waals surface area contributed by atoms with Crippen molar-refractivity contribution in [2.75, 3.05) is 31.1 Å². The Morgan fingerprint density at radius 3 is 3.00 bits per heavy atom. The van der Waals surface area contributed by atoms with Gasteiger partial charge in [-0.05, 0) is 25.0 Å². The first-order valence-electron chi connectivity index (χ1n) is 7.11. The molecule has 1 atom stereocenters. The Morgan fingerprint density at radius 2 is 2.25 bits per heavy atom. The first-order chi connectivity index (χ1) is 9.75. The molecule has 1 fully saturated rings. The maximum absolute atomic E-state index is 11.2. The standard InChI is InChI=1S/C15H19N3O2/c19-15(20)11-4-3-9-18(10-11)13-6-2-1-5-12(13)14-16-7-8-17-14/h1-2,5-6,11H,3-4,7-10H2,(H,16,17)(H,19,20). The second-order valence-corrected chi connectivity index (χ2v) is 5.30. The Bertz CT molecular complexity index is 542. The number of amidine groups is 1. The van der Waals surface area contributed by atoms with Gasteiger partial charge in [0.2, 0.25) is 0 Å². The van der Waals surface area contributed by atoms with Gasteiger partial charge in [0.05, 0.1) is 12.5 Å². The van der Waals surface area contributed by atoms with Gasteiger partial charge >= 0.3 is 5.97 Å². The minimum Gasteiger partial charge on any atom is -0.481 e. The second-order valence-electron chi connectivity index (χ2n) is 5.30. The molecule has 0 amide bonds. The Morgan fingerprint density at radius 1 is 1.40 bits per heavy atom. The van der Waals surface area contributed by atoms with E-state index in [2.05, 4.69) is 27.3 Å². The Kier molecular flexibility index (Phi) is 3.58. The maximum Gasteiger partial charge on any atom is 0.308 e. The fraction of sp³-hybridized carbons (Fsp3) is 0.467. The molecule has 2 N–H and O–H groups in total. The SMILES string of the molecule is O=C(O)C1CCCN(c2ccccc2C2=NCCN2)C1. The number of hydrogen-bond acceptors (Lipinski definition) is 4. The molecule has 0 aromatic heterocycles. The molecular formula is C15H19N3O2. The van der Waals surface area contributed by atoms with Crippen molar-refractivity contribution in [3.05, 3.63) is 29.8 Å². The van der Waals surface area contributed by atoms with Gasteiger partial charge in [-0.1, -0.05) is 12.1 Å². The summed E-state index contributed by atoms with van der Waals surface area (Å²) < 4.78 is 0. The van der Waals surface area contributed by atoms with Gasteiger partial charge < -0.3 is 15.3 Å². The van der Waals surface area contributed by atoms with E-state index in [-0.39, 0.29) is 5.92 Å². The summed E-state index contributed by atoms with van der Waals surface area (Å²) in [5, 5.41) is 12.5. The second kappa shape index (κ2) is 5.53. The number of aliphatic imine (C=N–C) groups is 1. The molecule has 0 saturated carbocycles. The average molecular weight is 273 g/mol. The lowest BCUT2D eigenvalue weighted by molar-refractivity contribution is -0.141. The minimum absolute atomic E-state index is 0.268. The Hall–Kier alpha value is -2.04. The number of carboxylic acids is 1. The van der Waals surface area contributed by atoms with E-state index in [9.17, 15) is 9.90 Å². The molecule has 0 radical (unpaired) electrons. The molecule has 2 aliphatic rings. The molecule has 1 unspecified atom stereocenters. The van der Waals surface area contributed by atoms with Crippen molar-refractivity contribution in [1.82, 2.24) is 5.32 Å². The van der Waals surface area contributed by atoms with Gasteiger partial charge in [-0.25, -0.2) is 0 Å². The van der Waals surface area contributed by atoms with Crippen LogP contribution in [0.15, 0.2) is 29.3 Å². The van der Waals surface area contributed by atoms with Gasteiger partial charge in [0.15, 0.2) is 0 Å². The molecule has 0 spiro atoms. The highest BCUT2D eigenvalue weighted by atomic mass is 16.4. The van der Waals surface area contributed by atoms with E-state index in [0.717, 1.165) is 49.6 Å². The van der Waals surface area contributed by atoms with E-state index in [1.165, 1.54) is 0 Å². The number of rotatable bonds is 3. The van der Waals surface area contributed by atoms with E-state index >= 15 is 0 Å². The third-order valence-corrected chi connectivity index (χ3v) is 3.94. The topological polar surface area (TPSA) is 64.9 Å². The number of nitrogens with zero attached hydrogens (tertiary/aromatic N) is 2. The van der Waals surface area contributed by atoms with Crippen LogP contribution in [0.2, 0.25) is 0 Å². The van der Waals surface area contributed by atoms with E-state index in [1.807, 2.05) is 12.1 Å².